The third-order valence-electron chi connectivity index (χ3n) is 2.34. The molecule has 0 fully saturated rings. The third kappa shape index (κ3) is 3.56. The quantitative estimate of drug-likeness (QED) is 0.714. The smallest absolute Gasteiger partial charge is 0.0701 e. The topological polar surface area (TPSA) is 12.9 Å². The molecule has 2 rings (SSSR count). The Bertz CT molecular complexity index is 455. The van der Waals surface area contributed by atoms with E-state index in [0.29, 0.717) is 0 Å². The highest BCUT2D eigenvalue weighted by molar-refractivity contribution is 5.66. The fourth-order valence-electron chi connectivity index (χ4n) is 1.46. The minimum atomic E-state index is 1.01. The molecule has 0 saturated carbocycles. The van der Waals surface area contributed by atoms with Crippen molar-refractivity contribution in [2.75, 3.05) is 0 Å². The van der Waals surface area contributed by atoms with Gasteiger partial charge < -0.3 is 0 Å². The fraction of sp³-hybridized carbons (Fsp3) is 0.188. The molecule has 17 heavy (non-hydrogen) atoms. The van der Waals surface area contributed by atoms with Crippen LogP contribution in [-0.2, 0) is 0 Å². The monoisotopic (exact) mass is 225 g/mol. The number of hydrogen-bond donors (Lipinski definition) is 0. The van der Waals surface area contributed by atoms with Crippen LogP contribution in [0.2, 0.25) is 0 Å². The van der Waals surface area contributed by atoms with Gasteiger partial charge in [-0.15, -0.1) is 0 Å². The van der Waals surface area contributed by atoms with Crippen LogP contribution < -0.4 is 0 Å². The highest BCUT2D eigenvalue weighted by Gasteiger charge is 1.98. The van der Waals surface area contributed by atoms with Crippen molar-refractivity contribution in [3.8, 4) is 11.3 Å². The number of hydrogen-bond acceptors (Lipinski definition) is 1. The van der Waals surface area contributed by atoms with Crippen molar-refractivity contribution < 1.29 is 0 Å². The summed E-state index contributed by atoms with van der Waals surface area (Å²) in [4.78, 5) is 4.30. The van der Waals surface area contributed by atoms with Crippen LogP contribution in [0.5, 0.6) is 0 Å². The maximum atomic E-state index is 4.30. The molecule has 1 heteroatoms. The Morgan fingerprint density at radius 1 is 1.00 bits per heavy atom. The standard InChI is InChI=1S/C14H13N.C2H6/c1-11(2)12-6-8-13(9-7-12)14-5-3-4-10-15-14;1-2/h3-10H,1H2,2H3;1-2H3. The second-order valence-electron chi connectivity index (χ2n) is 3.57. The Kier molecular flexibility index (Phi) is 5.15. The second kappa shape index (κ2) is 6.64. The lowest BCUT2D eigenvalue weighted by Crippen LogP contribution is -1.83. The highest BCUT2D eigenvalue weighted by atomic mass is 14.7. The molecule has 0 spiro atoms. The van der Waals surface area contributed by atoms with Gasteiger partial charge in [-0.2, -0.15) is 0 Å². The molecule has 0 bridgehead atoms. The van der Waals surface area contributed by atoms with Gasteiger partial charge in [0.05, 0.1) is 5.69 Å². The molecule has 0 atom stereocenters. The van der Waals surface area contributed by atoms with E-state index in [-0.39, 0.29) is 0 Å². The Morgan fingerprint density at radius 3 is 2.12 bits per heavy atom. The first-order valence-corrected chi connectivity index (χ1v) is 5.95. The van der Waals surface area contributed by atoms with E-state index in [2.05, 4.69) is 35.8 Å². The Labute approximate surface area is 104 Å². The van der Waals surface area contributed by atoms with Gasteiger partial charge in [-0.05, 0) is 24.6 Å². The van der Waals surface area contributed by atoms with Gasteiger partial charge in [0, 0.05) is 11.8 Å². The molecule has 88 valence electrons. The van der Waals surface area contributed by atoms with E-state index in [4.69, 9.17) is 0 Å². The van der Waals surface area contributed by atoms with Crippen molar-refractivity contribution in [2.24, 2.45) is 0 Å². The van der Waals surface area contributed by atoms with Crippen LogP contribution >= 0.6 is 0 Å². The number of nitrogens with zero attached hydrogens (tertiary/aromatic N) is 1. The lowest BCUT2D eigenvalue weighted by molar-refractivity contribution is 1.32. The van der Waals surface area contributed by atoms with Gasteiger partial charge in [-0.3, -0.25) is 4.98 Å². The first-order valence-electron chi connectivity index (χ1n) is 5.95. The molecule has 0 unspecified atom stereocenters. The molecular formula is C16H19N. The lowest BCUT2D eigenvalue weighted by Gasteiger charge is -2.02. The van der Waals surface area contributed by atoms with Crippen LogP contribution in [-0.4, -0.2) is 4.98 Å². The molecular weight excluding hydrogens is 206 g/mol. The zero-order valence-electron chi connectivity index (χ0n) is 10.8. The van der Waals surface area contributed by atoms with Gasteiger partial charge >= 0.3 is 0 Å². The zero-order valence-corrected chi connectivity index (χ0v) is 10.8. The average Bonchev–Trinajstić information content (AvgIpc) is 2.42. The van der Waals surface area contributed by atoms with E-state index < -0.39 is 0 Å². The van der Waals surface area contributed by atoms with E-state index in [0.717, 1.165) is 16.8 Å². The molecule has 0 N–H and O–H groups in total. The summed E-state index contributed by atoms with van der Waals surface area (Å²) in [5, 5.41) is 0. The normalized spacial score (nSPS) is 9.12. The van der Waals surface area contributed by atoms with Crippen molar-refractivity contribution in [2.45, 2.75) is 20.8 Å². The summed E-state index contributed by atoms with van der Waals surface area (Å²) in [6.45, 7) is 9.92. The Hall–Kier alpha value is -1.89. The number of pyridine rings is 1. The minimum Gasteiger partial charge on any atom is -0.256 e. The molecule has 1 aromatic carbocycles. The second-order valence-corrected chi connectivity index (χ2v) is 3.57. The van der Waals surface area contributed by atoms with Gasteiger partial charge in [0.25, 0.3) is 0 Å². The van der Waals surface area contributed by atoms with Gasteiger partial charge in [-0.25, -0.2) is 0 Å². The maximum absolute atomic E-state index is 4.30. The van der Waals surface area contributed by atoms with Crippen LogP contribution in [0.25, 0.3) is 16.8 Å². The van der Waals surface area contributed by atoms with Crippen molar-refractivity contribution in [1.29, 1.82) is 0 Å². The molecule has 1 heterocycles. The van der Waals surface area contributed by atoms with Crippen LogP contribution in [0, 0.1) is 0 Å². The van der Waals surface area contributed by atoms with E-state index in [1.54, 1.807) is 0 Å². The number of allylic oxidation sites excluding steroid dienone is 1. The summed E-state index contributed by atoms with van der Waals surface area (Å²) < 4.78 is 0. The molecule has 1 aromatic heterocycles. The van der Waals surface area contributed by atoms with E-state index >= 15 is 0 Å². The molecule has 0 saturated heterocycles. The van der Waals surface area contributed by atoms with Crippen molar-refractivity contribution in [1.82, 2.24) is 4.98 Å². The van der Waals surface area contributed by atoms with Crippen LogP contribution in [0.1, 0.15) is 26.3 Å². The van der Waals surface area contributed by atoms with E-state index in [1.807, 2.05) is 45.2 Å². The van der Waals surface area contributed by atoms with Crippen LogP contribution in [0.3, 0.4) is 0 Å². The van der Waals surface area contributed by atoms with Crippen molar-refractivity contribution in [3.63, 3.8) is 0 Å². The van der Waals surface area contributed by atoms with Gasteiger partial charge in [0.15, 0.2) is 0 Å². The summed E-state index contributed by atoms with van der Waals surface area (Å²) in [5.74, 6) is 0. The van der Waals surface area contributed by atoms with Gasteiger partial charge in [0.2, 0.25) is 0 Å². The molecule has 0 amide bonds. The summed E-state index contributed by atoms with van der Waals surface area (Å²) >= 11 is 0. The lowest BCUT2D eigenvalue weighted by atomic mass is 10.0. The molecule has 2 aromatic rings. The Balaban J connectivity index is 0.000000686. The maximum Gasteiger partial charge on any atom is 0.0701 e. The Morgan fingerprint density at radius 2 is 1.65 bits per heavy atom. The van der Waals surface area contributed by atoms with Crippen LogP contribution in [0.15, 0.2) is 55.2 Å². The van der Waals surface area contributed by atoms with Crippen molar-refractivity contribution in [3.05, 3.63) is 60.8 Å². The number of benzene rings is 1. The van der Waals surface area contributed by atoms with Crippen molar-refractivity contribution >= 4 is 5.57 Å². The zero-order chi connectivity index (χ0) is 12.7. The molecule has 0 aliphatic heterocycles. The van der Waals surface area contributed by atoms with E-state index in [1.165, 1.54) is 5.56 Å². The molecule has 0 aliphatic rings. The SMILES string of the molecule is C=C(C)c1ccc(-c2ccccn2)cc1.CC. The van der Waals surface area contributed by atoms with Gasteiger partial charge in [0.1, 0.15) is 0 Å². The first-order chi connectivity index (χ1) is 8.27. The van der Waals surface area contributed by atoms with Gasteiger partial charge in [-0.1, -0.05) is 56.3 Å². The van der Waals surface area contributed by atoms with E-state index in [9.17, 15) is 0 Å². The fourth-order valence-corrected chi connectivity index (χ4v) is 1.46. The van der Waals surface area contributed by atoms with Crippen LogP contribution in [0.4, 0.5) is 0 Å². The molecule has 0 aliphatic carbocycles. The summed E-state index contributed by atoms with van der Waals surface area (Å²) in [5.41, 5.74) is 4.41. The first kappa shape index (κ1) is 13.2. The predicted octanol–water partition coefficient (Wildman–Crippen LogP) is 4.81. The molecule has 1 nitrogen and oxygen atoms in total. The summed E-state index contributed by atoms with van der Waals surface area (Å²) in [7, 11) is 0. The highest BCUT2D eigenvalue weighted by Crippen LogP contribution is 2.19. The third-order valence-corrected chi connectivity index (χ3v) is 2.34. The average molecular weight is 225 g/mol. The number of rotatable bonds is 2. The molecule has 0 radical (unpaired) electrons. The minimum absolute atomic E-state index is 1.01. The predicted molar refractivity (Wildman–Crippen MR) is 75.7 cm³/mol. The summed E-state index contributed by atoms with van der Waals surface area (Å²) in [6.07, 6.45) is 1.81. The number of aromatic nitrogens is 1. The largest absolute Gasteiger partial charge is 0.256 e. The summed E-state index contributed by atoms with van der Waals surface area (Å²) in [6, 6.07) is 14.2.